The number of carbonyl (C=O) groups excluding carboxylic acids is 1. The van der Waals surface area contributed by atoms with Crippen molar-refractivity contribution in [2.24, 2.45) is 0 Å². The Labute approximate surface area is 106 Å². The molecule has 94 valence electrons. The maximum Gasteiger partial charge on any atom is 0.407 e. The Kier molecular flexibility index (Phi) is 7.49. The summed E-state index contributed by atoms with van der Waals surface area (Å²) in [6.45, 7) is 5.90. The van der Waals surface area contributed by atoms with Gasteiger partial charge < -0.3 is 9.47 Å². The van der Waals surface area contributed by atoms with Gasteiger partial charge in [0, 0.05) is 6.61 Å². The molecular formula is C9H16Cl2O4P+. The zero-order chi connectivity index (χ0) is 12.8. The highest BCUT2D eigenvalue weighted by molar-refractivity contribution is 7.53. The van der Waals surface area contributed by atoms with Gasteiger partial charge in [0.2, 0.25) is 0 Å². The van der Waals surface area contributed by atoms with Crippen LogP contribution in [0.4, 0.5) is 0 Å². The van der Waals surface area contributed by atoms with E-state index in [-0.39, 0.29) is 18.9 Å². The third-order valence-corrected chi connectivity index (χ3v) is 4.38. The number of halogens is 2. The first kappa shape index (κ1) is 16.1. The Morgan fingerprint density at radius 1 is 1.44 bits per heavy atom. The summed E-state index contributed by atoms with van der Waals surface area (Å²) in [7, 11) is -2.12. The van der Waals surface area contributed by atoms with Crippen LogP contribution in [0.5, 0.6) is 0 Å². The molecular weight excluding hydrogens is 274 g/mol. The van der Waals surface area contributed by atoms with Crippen LogP contribution in [0.3, 0.4) is 0 Å². The Bertz CT molecular complexity index is 256. The van der Waals surface area contributed by atoms with Crippen LogP contribution in [0.1, 0.15) is 20.8 Å². The van der Waals surface area contributed by atoms with Gasteiger partial charge >= 0.3 is 17.8 Å². The van der Waals surface area contributed by atoms with Gasteiger partial charge in [0.25, 0.3) is 0 Å². The molecule has 0 radical (unpaired) electrons. The zero-order valence-electron chi connectivity index (χ0n) is 9.53. The summed E-state index contributed by atoms with van der Waals surface area (Å²) in [6.07, 6.45) is -0.219. The molecule has 0 saturated carbocycles. The fourth-order valence-corrected chi connectivity index (χ4v) is 2.25. The first-order chi connectivity index (χ1) is 7.32. The molecule has 0 aliphatic heterocycles. The van der Waals surface area contributed by atoms with E-state index >= 15 is 0 Å². The Morgan fingerprint density at radius 3 is 2.44 bits per heavy atom. The van der Waals surface area contributed by atoms with Crippen molar-refractivity contribution in [2.45, 2.75) is 30.9 Å². The first-order valence-corrected chi connectivity index (χ1v) is 7.13. The number of alkyl halides is 2. The number of esters is 1. The van der Waals surface area contributed by atoms with E-state index in [2.05, 4.69) is 0 Å². The molecule has 0 bridgehead atoms. The van der Waals surface area contributed by atoms with Gasteiger partial charge in [-0.15, -0.1) is 0 Å². The van der Waals surface area contributed by atoms with Crippen LogP contribution in [0.15, 0.2) is 0 Å². The minimum Gasteiger partial charge on any atom is -0.457 e. The lowest BCUT2D eigenvalue weighted by Crippen LogP contribution is -2.28. The second-order valence-electron chi connectivity index (χ2n) is 3.29. The standard InChI is InChI=1S/C9H16Cl2O4P/c1-4-14-5-6-16(13)9(10,11)8(12)15-7(2)3/h7H,4-6H2,1-3H3/q+1. The van der Waals surface area contributed by atoms with Crippen molar-refractivity contribution in [3.8, 4) is 0 Å². The molecule has 0 fully saturated rings. The number of hydrogen-bond acceptors (Lipinski definition) is 4. The molecule has 0 heterocycles. The summed E-state index contributed by atoms with van der Waals surface area (Å²) in [5, 5.41) is 0. The minimum absolute atomic E-state index is 0.128. The van der Waals surface area contributed by atoms with Crippen molar-refractivity contribution in [3.63, 3.8) is 0 Å². The molecule has 16 heavy (non-hydrogen) atoms. The predicted octanol–water partition coefficient (Wildman–Crippen LogP) is 2.93. The highest BCUT2D eigenvalue weighted by Crippen LogP contribution is 2.47. The van der Waals surface area contributed by atoms with Crippen molar-refractivity contribution in [3.05, 3.63) is 0 Å². The van der Waals surface area contributed by atoms with Gasteiger partial charge in [0.1, 0.15) is 0 Å². The zero-order valence-corrected chi connectivity index (χ0v) is 11.9. The Balaban J connectivity index is 4.29. The molecule has 4 nitrogen and oxygen atoms in total. The van der Waals surface area contributed by atoms with Gasteiger partial charge in [-0.05, 0) is 44.0 Å². The third-order valence-electron chi connectivity index (χ3n) is 1.54. The molecule has 0 N–H and O–H groups in total. The van der Waals surface area contributed by atoms with Crippen LogP contribution in [-0.4, -0.2) is 35.5 Å². The second-order valence-corrected chi connectivity index (χ2v) is 7.02. The normalized spacial score (nSPS) is 12.8. The summed E-state index contributed by atoms with van der Waals surface area (Å²) >= 11 is 11.4. The van der Waals surface area contributed by atoms with Crippen LogP contribution in [0.2, 0.25) is 0 Å². The van der Waals surface area contributed by atoms with Crippen molar-refractivity contribution >= 4 is 37.0 Å². The summed E-state index contributed by atoms with van der Waals surface area (Å²) in [5.41, 5.74) is 0. The Hall–Kier alpha value is 0.110. The maximum atomic E-state index is 11.7. The number of ether oxygens (including phenoxy) is 2. The molecule has 0 spiro atoms. The first-order valence-electron chi connectivity index (χ1n) is 4.93. The van der Waals surface area contributed by atoms with Crippen molar-refractivity contribution in [1.29, 1.82) is 0 Å². The summed E-state index contributed by atoms with van der Waals surface area (Å²) in [6, 6.07) is 0. The minimum atomic E-state index is -2.12. The second kappa shape index (κ2) is 7.44. The lowest BCUT2D eigenvalue weighted by molar-refractivity contribution is -0.146. The van der Waals surface area contributed by atoms with Crippen LogP contribution in [0, 0.1) is 0 Å². The average molecular weight is 290 g/mol. The molecule has 0 saturated heterocycles. The van der Waals surface area contributed by atoms with E-state index in [1.165, 1.54) is 0 Å². The lowest BCUT2D eigenvalue weighted by atomic mass is 10.5. The quantitative estimate of drug-likeness (QED) is 0.313. The summed E-state index contributed by atoms with van der Waals surface area (Å²) in [4.78, 5) is 11.4. The molecule has 0 amide bonds. The van der Waals surface area contributed by atoms with Crippen LogP contribution < -0.4 is 0 Å². The Morgan fingerprint density at radius 2 is 2.00 bits per heavy atom. The van der Waals surface area contributed by atoms with E-state index in [0.29, 0.717) is 6.61 Å². The largest absolute Gasteiger partial charge is 0.457 e. The predicted molar refractivity (Wildman–Crippen MR) is 64.6 cm³/mol. The van der Waals surface area contributed by atoms with Gasteiger partial charge in [-0.1, -0.05) is 4.57 Å². The fourth-order valence-electron chi connectivity index (χ4n) is 0.819. The van der Waals surface area contributed by atoms with E-state index in [4.69, 9.17) is 32.7 Å². The smallest absolute Gasteiger partial charge is 0.407 e. The van der Waals surface area contributed by atoms with Crippen molar-refractivity contribution in [1.82, 2.24) is 0 Å². The highest BCUT2D eigenvalue weighted by Gasteiger charge is 2.54. The van der Waals surface area contributed by atoms with Crippen molar-refractivity contribution < 1.29 is 18.8 Å². The van der Waals surface area contributed by atoms with E-state index in [0.717, 1.165) is 0 Å². The van der Waals surface area contributed by atoms with Crippen LogP contribution in [-0.2, 0) is 18.8 Å². The summed E-state index contributed by atoms with van der Waals surface area (Å²) in [5.74, 6) is -0.872. The average Bonchev–Trinajstić information content (AvgIpc) is 2.16. The highest BCUT2D eigenvalue weighted by atomic mass is 35.5. The number of hydrogen-bond donors (Lipinski definition) is 0. The van der Waals surface area contributed by atoms with E-state index in [1.807, 2.05) is 6.92 Å². The lowest BCUT2D eigenvalue weighted by Gasteiger charge is -2.11. The van der Waals surface area contributed by atoms with Gasteiger partial charge in [0.05, 0.1) is 12.7 Å². The molecule has 0 aliphatic carbocycles. The molecule has 1 atom stereocenters. The van der Waals surface area contributed by atoms with Crippen LogP contribution >= 0.6 is 31.0 Å². The molecule has 7 heteroatoms. The topological polar surface area (TPSA) is 52.6 Å². The molecule has 0 aromatic rings. The number of rotatable bonds is 7. The molecule has 1 unspecified atom stereocenters. The molecule has 0 aromatic heterocycles. The van der Waals surface area contributed by atoms with Gasteiger partial charge in [0.15, 0.2) is 6.16 Å². The molecule has 0 aliphatic rings. The van der Waals surface area contributed by atoms with E-state index < -0.39 is 17.8 Å². The monoisotopic (exact) mass is 289 g/mol. The van der Waals surface area contributed by atoms with Crippen molar-refractivity contribution in [2.75, 3.05) is 19.4 Å². The van der Waals surface area contributed by atoms with E-state index in [9.17, 15) is 9.36 Å². The maximum absolute atomic E-state index is 11.7. The van der Waals surface area contributed by atoms with Gasteiger partial charge in [-0.3, -0.25) is 0 Å². The summed E-state index contributed by atoms with van der Waals surface area (Å²) < 4.78 is 19.5. The SMILES string of the molecule is CCOCC[P+](=O)C(Cl)(Cl)C(=O)OC(C)C. The van der Waals surface area contributed by atoms with Crippen LogP contribution in [0.25, 0.3) is 0 Å². The third kappa shape index (κ3) is 5.44. The molecule has 0 rings (SSSR count). The van der Waals surface area contributed by atoms with E-state index in [1.54, 1.807) is 13.8 Å². The molecule has 0 aromatic carbocycles. The number of carbonyl (C=O) groups is 1. The fraction of sp³-hybridized carbons (Fsp3) is 0.889. The van der Waals surface area contributed by atoms with Gasteiger partial charge in [-0.25, -0.2) is 4.79 Å². The van der Waals surface area contributed by atoms with Gasteiger partial charge in [-0.2, -0.15) is 0 Å².